The number of para-hydroxylation sites is 1. The molecule has 1 aromatic carbocycles. The Morgan fingerprint density at radius 1 is 1.36 bits per heavy atom. The number of benzene rings is 1. The van der Waals surface area contributed by atoms with Crippen molar-refractivity contribution in [3.63, 3.8) is 0 Å². The zero-order chi connectivity index (χ0) is 8.27. The van der Waals surface area contributed by atoms with Crippen molar-refractivity contribution < 1.29 is 5.02 Å². The molecule has 1 rings (SSSR count). The first-order chi connectivity index (χ1) is 5.22. The van der Waals surface area contributed by atoms with Crippen LogP contribution in [-0.4, -0.2) is 12.1 Å². The number of anilines is 1. The first-order valence-electron chi connectivity index (χ1n) is 3.49. The molecule has 0 unspecified atom stereocenters. The Morgan fingerprint density at radius 2 is 1.91 bits per heavy atom. The summed E-state index contributed by atoms with van der Waals surface area (Å²) in [4.78, 5) is 1.31. The normalized spacial score (nSPS) is 9.36. The van der Waals surface area contributed by atoms with Crippen LogP contribution in [0.2, 0.25) is 6.82 Å². The van der Waals surface area contributed by atoms with Crippen LogP contribution in [0.3, 0.4) is 0 Å². The highest BCUT2D eigenvalue weighted by Crippen LogP contribution is 2.09. The van der Waals surface area contributed by atoms with E-state index in [0.29, 0.717) is 0 Å². The monoisotopic (exact) mass is 150 g/mol. The molecule has 11 heavy (non-hydrogen) atoms. The summed E-state index contributed by atoms with van der Waals surface area (Å²) >= 11 is 0. The quantitative estimate of drug-likeness (QED) is 0.366. The van der Waals surface area contributed by atoms with Gasteiger partial charge in [0, 0.05) is 5.69 Å². The van der Waals surface area contributed by atoms with Crippen molar-refractivity contribution in [1.29, 1.82) is 0 Å². The molecule has 0 aliphatic carbocycles. The van der Waals surface area contributed by atoms with Gasteiger partial charge in [-0.25, -0.2) is 0 Å². The van der Waals surface area contributed by atoms with Gasteiger partial charge in [0.1, 0.15) is 0 Å². The summed E-state index contributed by atoms with van der Waals surface area (Å²) in [6.45, 7) is 1.62. The molecule has 0 saturated heterocycles. The minimum absolute atomic E-state index is 0.655. The van der Waals surface area contributed by atoms with Gasteiger partial charge >= 0.3 is 7.05 Å². The van der Waals surface area contributed by atoms with Crippen molar-refractivity contribution in [3.05, 3.63) is 30.3 Å². The predicted octanol–water partition coefficient (Wildman–Crippen LogP) is 0.477. The summed E-state index contributed by atoms with van der Waals surface area (Å²) in [7, 11) is -0.655. The lowest BCUT2D eigenvalue weighted by molar-refractivity contribution is 0.571. The Labute approximate surface area is 66.5 Å². The fourth-order valence-electron chi connectivity index (χ4n) is 0.816. The second-order valence-electron chi connectivity index (χ2n) is 2.37. The SMILES string of the molecule is CB(O)N(N)c1ccccc1. The molecule has 0 aliphatic heterocycles. The fourth-order valence-corrected chi connectivity index (χ4v) is 0.816. The number of nitrogens with zero attached hydrogens (tertiary/aromatic N) is 1. The molecule has 0 amide bonds. The molecule has 0 aliphatic rings. The zero-order valence-corrected chi connectivity index (χ0v) is 6.44. The predicted molar refractivity (Wildman–Crippen MR) is 46.9 cm³/mol. The van der Waals surface area contributed by atoms with E-state index >= 15 is 0 Å². The summed E-state index contributed by atoms with van der Waals surface area (Å²) < 4.78 is 0. The number of hydrogen-bond acceptors (Lipinski definition) is 3. The molecular weight excluding hydrogens is 139 g/mol. The molecule has 0 radical (unpaired) electrons. The largest absolute Gasteiger partial charge is 0.432 e. The summed E-state index contributed by atoms with van der Waals surface area (Å²) in [5.41, 5.74) is 0.808. The second-order valence-corrected chi connectivity index (χ2v) is 2.37. The van der Waals surface area contributed by atoms with Crippen LogP contribution in [-0.2, 0) is 0 Å². The topological polar surface area (TPSA) is 49.5 Å². The third-order valence-corrected chi connectivity index (χ3v) is 1.46. The smallest absolute Gasteiger partial charge is 0.424 e. The van der Waals surface area contributed by atoms with Crippen LogP contribution in [0.4, 0.5) is 5.69 Å². The average Bonchev–Trinajstić information content (AvgIpc) is 2.05. The highest BCUT2D eigenvalue weighted by molar-refractivity contribution is 6.53. The van der Waals surface area contributed by atoms with E-state index in [1.165, 1.54) is 4.92 Å². The summed E-state index contributed by atoms with van der Waals surface area (Å²) in [6.07, 6.45) is 0. The minimum Gasteiger partial charge on any atom is -0.432 e. The highest BCUT2D eigenvalue weighted by Gasteiger charge is 2.11. The Hall–Kier alpha value is -0.995. The maximum absolute atomic E-state index is 9.08. The number of hydrogen-bond donors (Lipinski definition) is 2. The first kappa shape index (κ1) is 8.10. The van der Waals surface area contributed by atoms with Gasteiger partial charge in [0.2, 0.25) is 0 Å². The summed E-state index contributed by atoms with van der Waals surface area (Å²) in [5.74, 6) is 5.52. The minimum atomic E-state index is -0.655. The molecule has 0 spiro atoms. The molecule has 3 nitrogen and oxygen atoms in total. The molecule has 3 N–H and O–H groups in total. The number of nitrogens with two attached hydrogens (primary N) is 1. The van der Waals surface area contributed by atoms with E-state index in [0.717, 1.165) is 5.69 Å². The van der Waals surface area contributed by atoms with Gasteiger partial charge in [-0.05, 0) is 19.0 Å². The van der Waals surface area contributed by atoms with Gasteiger partial charge < -0.3 is 9.94 Å². The Bertz CT molecular complexity index is 215. The molecule has 4 heteroatoms. The van der Waals surface area contributed by atoms with Gasteiger partial charge in [0.05, 0.1) is 0 Å². The van der Waals surface area contributed by atoms with Crippen molar-refractivity contribution in [2.24, 2.45) is 5.84 Å². The van der Waals surface area contributed by atoms with Crippen LogP contribution >= 0.6 is 0 Å². The van der Waals surface area contributed by atoms with Gasteiger partial charge in [0.25, 0.3) is 0 Å². The van der Waals surface area contributed by atoms with E-state index in [1.54, 1.807) is 6.82 Å². The third-order valence-electron chi connectivity index (χ3n) is 1.46. The van der Waals surface area contributed by atoms with Gasteiger partial charge in [0.15, 0.2) is 0 Å². The zero-order valence-electron chi connectivity index (χ0n) is 6.44. The molecule has 0 fully saturated rings. The fraction of sp³-hybridized carbons (Fsp3) is 0.143. The van der Waals surface area contributed by atoms with Crippen molar-refractivity contribution >= 4 is 12.7 Å². The van der Waals surface area contributed by atoms with Gasteiger partial charge in [-0.2, -0.15) is 0 Å². The molecule has 0 atom stereocenters. The standard InChI is InChI=1S/C7H11BN2O/c1-8(11)10(9)7-5-3-2-4-6-7/h2-6,11H,9H2,1H3. The van der Waals surface area contributed by atoms with Gasteiger partial charge in [-0.15, -0.1) is 0 Å². The second kappa shape index (κ2) is 3.41. The maximum Gasteiger partial charge on any atom is 0.424 e. The lowest BCUT2D eigenvalue weighted by atomic mass is 9.87. The van der Waals surface area contributed by atoms with Crippen molar-refractivity contribution in [3.8, 4) is 0 Å². The van der Waals surface area contributed by atoms with Crippen LogP contribution in [0.5, 0.6) is 0 Å². The Morgan fingerprint density at radius 3 is 2.36 bits per heavy atom. The third kappa shape index (κ3) is 1.96. The molecule has 0 saturated carbocycles. The molecule has 0 aromatic heterocycles. The van der Waals surface area contributed by atoms with Crippen LogP contribution in [0, 0.1) is 0 Å². The molecule has 58 valence electrons. The molecule has 0 heterocycles. The van der Waals surface area contributed by atoms with E-state index in [1.807, 2.05) is 30.3 Å². The summed E-state index contributed by atoms with van der Waals surface area (Å²) in [5, 5.41) is 9.08. The van der Waals surface area contributed by atoms with Crippen LogP contribution < -0.4 is 10.8 Å². The lowest BCUT2D eigenvalue weighted by Crippen LogP contribution is -2.42. The maximum atomic E-state index is 9.08. The van der Waals surface area contributed by atoms with Crippen molar-refractivity contribution in [2.45, 2.75) is 6.82 Å². The molecule has 0 bridgehead atoms. The van der Waals surface area contributed by atoms with Crippen LogP contribution in [0.25, 0.3) is 0 Å². The average molecular weight is 150 g/mol. The van der Waals surface area contributed by atoms with Gasteiger partial charge in [-0.1, -0.05) is 18.2 Å². The lowest BCUT2D eigenvalue weighted by Gasteiger charge is -2.18. The van der Waals surface area contributed by atoms with Crippen molar-refractivity contribution in [1.82, 2.24) is 0 Å². The van der Waals surface area contributed by atoms with Gasteiger partial charge in [-0.3, -0.25) is 5.84 Å². The molecule has 1 aromatic rings. The van der Waals surface area contributed by atoms with E-state index in [9.17, 15) is 0 Å². The van der Waals surface area contributed by atoms with E-state index in [4.69, 9.17) is 10.9 Å². The number of rotatable bonds is 2. The van der Waals surface area contributed by atoms with E-state index in [2.05, 4.69) is 0 Å². The van der Waals surface area contributed by atoms with Crippen LogP contribution in [0.15, 0.2) is 30.3 Å². The molecular formula is C7H11BN2O. The Balaban J connectivity index is 2.77. The highest BCUT2D eigenvalue weighted by atomic mass is 16.2. The van der Waals surface area contributed by atoms with Crippen LogP contribution in [0.1, 0.15) is 0 Å². The summed E-state index contributed by atoms with van der Waals surface area (Å²) in [6, 6.07) is 9.33. The first-order valence-corrected chi connectivity index (χ1v) is 3.49. The van der Waals surface area contributed by atoms with Crippen molar-refractivity contribution in [2.75, 3.05) is 4.92 Å². The number of hydrazine groups is 1. The van der Waals surface area contributed by atoms with E-state index < -0.39 is 7.05 Å². The Kier molecular flexibility index (Phi) is 2.51. The van der Waals surface area contributed by atoms with E-state index in [-0.39, 0.29) is 0 Å².